The molecule has 0 saturated heterocycles. The molecule has 0 atom stereocenters. The second kappa shape index (κ2) is 4.08. The third-order valence-corrected chi connectivity index (χ3v) is 2.71. The fourth-order valence-electron chi connectivity index (χ4n) is 1.60. The molecule has 17 heavy (non-hydrogen) atoms. The van der Waals surface area contributed by atoms with Gasteiger partial charge < -0.3 is 14.3 Å². The Bertz CT molecular complexity index is 512. The first-order valence-corrected chi connectivity index (χ1v) is 5.60. The van der Waals surface area contributed by atoms with Crippen molar-refractivity contribution >= 4 is 5.91 Å². The Morgan fingerprint density at radius 2 is 2.35 bits per heavy atom. The molecule has 0 aromatic carbocycles. The maximum absolute atomic E-state index is 11.4. The second-order valence-corrected chi connectivity index (χ2v) is 4.15. The van der Waals surface area contributed by atoms with Gasteiger partial charge in [-0.1, -0.05) is 5.16 Å². The molecular formula is C12H12N2O3. The largest absolute Gasteiger partial charge is 0.461 e. The normalized spacial score (nSPS) is 14.8. The maximum atomic E-state index is 11.4. The van der Waals surface area contributed by atoms with Gasteiger partial charge in [0.15, 0.2) is 5.76 Å². The Hall–Kier alpha value is -2.04. The molecule has 2 aromatic rings. The van der Waals surface area contributed by atoms with Gasteiger partial charge in [0, 0.05) is 12.0 Å². The lowest BCUT2D eigenvalue weighted by atomic mass is 10.3. The number of rotatable bonds is 4. The highest BCUT2D eigenvalue weighted by Gasteiger charge is 2.29. The summed E-state index contributed by atoms with van der Waals surface area (Å²) in [6.45, 7) is 0.402. The molecule has 3 rings (SSSR count). The maximum Gasteiger partial charge on any atom is 0.223 e. The van der Waals surface area contributed by atoms with Crippen molar-refractivity contribution in [2.45, 2.75) is 19.4 Å². The lowest BCUT2D eigenvalue weighted by Gasteiger charge is -1.99. The minimum absolute atomic E-state index is 0.104. The Balaban J connectivity index is 1.62. The number of hydrogen-bond donors (Lipinski definition) is 1. The van der Waals surface area contributed by atoms with Gasteiger partial charge in [0.05, 0.1) is 12.8 Å². The van der Waals surface area contributed by atoms with Crippen molar-refractivity contribution in [1.82, 2.24) is 10.5 Å². The van der Waals surface area contributed by atoms with E-state index in [1.165, 1.54) is 0 Å². The van der Waals surface area contributed by atoms with Gasteiger partial charge in [-0.2, -0.15) is 0 Å². The van der Waals surface area contributed by atoms with E-state index < -0.39 is 0 Å². The molecule has 1 amide bonds. The van der Waals surface area contributed by atoms with E-state index in [1.807, 2.05) is 0 Å². The van der Waals surface area contributed by atoms with Crippen LogP contribution in [0.4, 0.5) is 0 Å². The number of carbonyl (C=O) groups is 1. The first kappa shape index (κ1) is 10.1. The zero-order chi connectivity index (χ0) is 11.7. The Labute approximate surface area is 97.8 Å². The van der Waals surface area contributed by atoms with Gasteiger partial charge in [0.25, 0.3) is 0 Å². The summed E-state index contributed by atoms with van der Waals surface area (Å²) in [5.74, 6) is 1.53. The van der Waals surface area contributed by atoms with E-state index in [0.717, 1.165) is 12.8 Å². The van der Waals surface area contributed by atoms with E-state index >= 15 is 0 Å². The molecular weight excluding hydrogens is 220 g/mol. The fraction of sp³-hybridized carbons (Fsp3) is 0.333. The summed E-state index contributed by atoms with van der Waals surface area (Å²) in [6.07, 6.45) is 3.58. The van der Waals surface area contributed by atoms with Crippen LogP contribution in [0.25, 0.3) is 11.5 Å². The van der Waals surface area contributed by atoms with Gasteiger partial charge in [-0.25, -0.2) is 0 Å². The van der Waals surface area contributed by atoms with Crippen LogP contribution in [0.2, 0.25) is 0 Å². The summed E-state index contributed by atoms with van der Waals surface area (Å²) >= 11 is 0. The molecule has 1 N–H and O–H groups in total. The van der Waals surface area contributed by atoms with Crippen LogP contribution >= 0.6 is 0 Å². The standard InChI is InChI=1S/C12H12N2O3/c15-12(8-3-4-8)13-7-9-6-11(17-14-9)10-2-1-5-16-10/h1-2,5-6,8H,3-4,7H2,(H,13,15). The predicted molar refractivity (Wildman–Crippen MR) is 58.8 cm³/mol. The Morgan fingerprint density at radius 3 is 3.06 bits per heavy atom. The summed E-state index contributed by atoms with van der Waals surface area (Å²) < 4.78 is 10.3. The molecule has 2 heterocycles. The smallest absolute Gasteiger partial charge is 0.223 e. The highest BCUT2D eigenvalue weighted by atomic mass is 16.5. The first-order valence-electron chi connectivity index (χ1n) is 5.60. The lowest BCUT2D eigenvalue weighted by molar-refractivity contribution is -0.122. The van der Waals surface area contributed by atoms with Gasteiger partial charge in [-0.05, 0) is 25.0 Å². The molecule has 88 valence electrons. The molecule has 2 aromatic heterocycles. The number of nitrogens with one attached hydrogen (secondary N) is 1. The van der Waals surface area contributed by atoms with Gasteiger partial charge in [0.1, 0.15) is 5.69 Å². The summed E-state index contributed by atoms with van der Waals surface area (Å²) in [7, 11) is 0. The minimum atomic E-state index is 0.104. The molecule has 0 radical (unpaired) electrons. The van der Waals surface area contributed by atoms with Gasteiger partial charge in [-0.3, -0.25) is 4.79 Å². The van der Waals surface area contributed by atoms with E-state index in [0.29, 0.717) is 23.8 Å². The third kappa shape index (κ3) is 2.22. The van der Waals surface area contributed by atoms with Crippen LogP contribution < -0.4 is 5.32 Å². The zero-order valence-electron chi connectivity index (χ0n) is 9.18. The van der Waals surface area contributed by atoms with Crippen LogP contribution in [0.5, 0.6) is 0 Å². The second-order valence-electron chi connectivity index (χ2n) is 4.15. The highest BCUT2D eigenvalue weighted by molar-refractivity contribution is 5.80. The molecule has 1 fully saturated rings. The van der Waals surface area contributed by atoms with Crippen molar-refractivity contribution in [2.75, 3.05) is 0 Å². The average molecular weight is 232 g/mol. The fourth-order valence-corrected chi connectivity index (χ4v) is 1.60. The molecule has 1 aliphatic rings. The Kier molecular flexibility index (Phi) is 2.44. The molecule has 5 heteroatoms. The number of furan rings is 1. The number of amides is 1. The third-order valence-electron chi connectivity index (χ3n) is 2.71. The average Bonchev–Trinajstić information content (AvgIpc) is 2.87. The molecule has 1 saturated carbocycles. The van der Waals surface area contributed by atoms with Crippen LogP contribution in [0.3, 0.4) is 0 Å². The van der Waals surface area contributed by atoms with Gasteiger partial charge in [-0.15, -0.1) is 0 Å². The molecule has 0 bridgehead atoms. The lowest BCUT2D eigenvalue weighted by Crippen LogP contribution is -2.24. The van der Waals surface area contributed by atoms with Crippen LogP contribution in [0.1, 0.15) is 18.5 Å². The monoisotopic (exact) mass is 232 g/mol. The molecule has 1 aliphatic carbocycles. The van der Waals surface area contributed by atoms with Gasteiger partial charge in [0.2, 0.25) is 11.7 Å². The molecule has 0 aliphatic heterocycles. The van der Waals surface area contributed by atoms with E-state index in [-0.39, 0.29) is 11.8 Å². The highest BCUT2D eigenvalue weighted by Crippen LogP contribution is 2.28. The van der Waals surface area contributed by atoms with E-state index in [2.05, 4.69) is 10.5 Å². The number of nitrogens with zero attached hydrogens (tertiary/aromatic N) is 1. The van der Waals surface area contributed by atoms with E-state index in [1.54, 1.807) is 24.5 Å². The van der Waals surface area contributed by atoms with Crippen LogP contribution in [0, 0.1) is 5.92 Å². The quantitative estimate of drug-likeness (QED) is 0.874. The molecule has 5 nitrogen and oxygen atoms in total. The van der Waals surface area contributed by atoms with Crippen LogP contribution in [-0.4, -0.2) is 11.1 Å². The summed E-state index contributed by atoms with van der Waals surface area (Å²) in [5.41, 5.74) is 0.699. The number of carbonyl (C=O) groups excluding carboxylic acids is 1. The molecule has 0 spiro atoms. The summed E-state index contributed by atoms with van der Waals surface area (Å²) in [4.78, 5) is 11.4. The van der Waals surface area contributed by atoms with E-state index in [4.69, 9.17) is 8.94 Å². The van der Waals surface area contributed by atoms with Crippen LogP contribution in [-0.2, 0) is 11.3 Å². The Morgan fingerprint density at radius 1 is 1.47 bits per heavy atom. The zero-order valence-corrected chi connectivity index (χ0v) is 9.18. The van der Waals surface area contributed by atoms with Crippen molar-refractivity contribution < 1.29 is 13.7 Å². The predicted octanol–water partition coefficient (Wildman–Crippen LogP) is 1.96. The van der Waals surface area contributed by atoms with Crippen molar-refractivity contribution in [2.24, 2.45) is 5.92 Å². The minimum Gasteiger partial charge on any atom is -0.461 e. The van der Waals surface area contributed by atoms with Gasteiger partial charge >= 0.3 is 0 Å². The van der Waals surface area contributed by atoms with Crippen molar-refractivity contribution in [3.05, 3.63) is 30.2 Å². The summed E-state index contributed by atoms with van der Waals surface area (Å²) in [5, 5.41) is 6.70. The van der Waals surface area contributed by atoms with Crippen molar-refractivity contribution in [3.63, 3.8) is 0 Å². The molecule has 0 unspecified atom stereocenters. The van der Waals surface area contributed by atoms with Crippen LogP contribution in [0.15, 0.2) is 33.4 Å². The SMILES string of the molecule is O=C(NCc1cc(-c2ccco2)on1)C1CC1. The summed E-state index contributed by atoms with van der Waals surface area (Å²) in [6, 6.07) is 5.35. The van der Waals surface area contributed by atoms with Crippen molar-refractivity contribution in [1.29, 1.82) is 0 Å². The number of aromatic nitrogens is 1. The van der Waals surface area contributed by atoms with E-state index in [9.17, 15) is 4.79 Å². The van der Waals surface area contributed by atoms with Crippen molar-refractivity contribution in [3.8, 4) is 11.5 Å². The first-order chi connectivity index (χ1) is 8.33. The topological polar surface area (TPSA) is 68.3 Å². The number of hydrogen-bond acceptors (Lipinski definition) is 4.